The molecule has 220 valence electrons. The van der Waals surface area contributed by atoms with Crippen molar-refractivity contribution >= 4 is 28.8 Å². The van der Waals surface area contributed by atoms with Gasteiger partial charge in [0.2, 0.25) is 10.8 Å². The molecule has 9 nitrogen and oxygen atoms in total. The number of aryl methyl sites for hydroxylation is 1. The number of amides is 1. The van der Waals surface area contributed by atoms with E-state index in [4.69, 9.17) is 19.4 Å². The van der Waals surface area contributed by atoms with E-state index in [0.29, 0.717) is 29.8 Å². The van der Waals surface area contributed by atoms with Crippen LogP contribution in [-0.2, 0) is 27.1 Å². The van der Waals surface area contributed by atoms with Crippen LogP contribution in [-0.4, -0.2) is 88.7 Å². The fourth-order valence-corrected chi connectivity index (χ4v) is 8.18. The van der Waals surface area contributed by atoms with Gasteiger partial charge in [0.05, 0.1) is 0 Å². The Hall–Kier alpha value is -2.40. The van der Waals surface area contributed by atoms with Crippen molar-refractivity contribution in [1.82, 2.24) is 14.9 Å². The van der Waals surface area contributed by atoms with E-state index in [2.05, 4.69) is 27.2 Å². The molecule has 7 rings (SSSR count). The van der Waals surface area contributed by atoms with Gasteiger partial charge in [-0.3, -0.25) is 4.79 Å². The molecule has 1 atom stereocenters. The minimum Gasteiger partial charge on any atom is -0.611 e. The zero-order valence-corrected chi connectivity index (χ0v) is 24.6. The third-order valence-electron chi connectivity index (χ3n) is 9.40. The van der Waals surface area contributed by atoms with E-state index in [9.17, 15) is 9.35 Å². The molecule has 10 heteroatoms. The number of rotatable bonds is 7. The molecule has 1 unspecified atom stereocenters. The van der Waals surface area contributed by atoms with Crippen molar-refractivity contribution in [2.75, 3.05) is 55.5 Å². The summed E-state index contributed by atoms with van der Waals surface area (Å²) in [5, 5.41) is 3.59. The third-order valence-corrected chi connectivity index (χ3v) is 10.9. The molecule has 3 saturated heterocycles. The molecule has 1 amide bonds. The van der Waals surface area contributed by atoms with Gasteiger partial charge in [-0.05, 0) is 86.2 Å². The fraction of sp³-hybridized carbons (Fsp3) is 0.645. The molecule has 1 aliphatic carbocycles. The minimum absolute atomic E-state index is 0.181. The summed E-state index contributed by atoms with van der Waals surface area (Å²) in [6.45, 7) is 4.76. The van der Waals surface area contributed by atoms with Crippen LogP contribution in [0.4, 0.5) is 11.8 Å². The van der Waals surface area contributed by atoms with Crippen molar-refractivity contribution in [2.45, 2.75) is 86.7 Å². The van der Waals surface area contributed by atoms with Crippen LogP contribution in [0.2, 0.25) is 0 Å². The van der Waals surface area contributed by atoms with E-state index < -0.39 is 11.2 Å². The second-order valence-corrected chi connectivity index (χ2v) is 13.7. The maximum atomic E-state index is 13.5. The van der Waals surface area contributed by atoms with E-state index in [1.807, 2.05) is 12.1 Å². The van der Waals surface area contributed by atoms with Crippen molar-refractivity contribution in [2.24, 2.45) is 0 Å². The number of benzene rings is 1. The summed E-state index contributed by atoms with van der Waals surface area (Å²) in [4.78, 5) is 28.6. The molecule has 4 fully saturated rings. The summed E-state index contributed by atoms with van der Waals surface area (Å²) in [5.41, 5.74) is 3.04. The average molecular weight is 580 g/mol. The number of piperidine rings is 1. The molecule has 2 aromatic rings. The van der Waals surface area contributed by atoms with Crippen LogP contribution in [0.15, 0.2) is 29.2 Å². The van der Waals surface area contributed by atoms with Crippen LogP contribution in [0, 0.1) is 0 Å². The first-order valence-electron chi connectivity index (χ1n) is 15.5. The molecule has 1 saturated carbocycles. The monoisotopic (exact) mass is 579 g/mol. The van der Waals surface area contributed by atoms with Gasteiger partial charge in [0, 0.05) is 69.6 Å². The number of anilines is 2. The largest absolute Gasteiger partial charge is 0.611 e. The van der Waals surface area contributed by atoms with Gasteiger partial charge in [0.15, 0.2) is 5.82 Å². The number of nitrogens with one attached hydrogen (secondary N) is 1. The van der Waals surface area contributed by atoms with Crippen molar-refractivity contribution < 1.29 is 18.8 Å². The minimum atomic E-state index is -1.04. The van der Waals surface area contributed by atoms with Gasteiger partial charge in [-0.2, -0.15) is 4.98 Å². The normalized spacial score (nSPS) is 24.3. The van der Waals surface area contributed by atoms with E-state index in [0.717, 1.165) is 125 Å². The molecule has 5 heterocycles. The predicted molar refractivity (Wildman–Crippen MR) is 158 cm³/mol. The molecule has 5 aliphatic rings. The lowest BCUT2D eigenvalue weighted by atomic mass is 9.89. The molecule has 41 heavy (non-hydrogen) atoms. The fourth-order valence-electron chi connectivity index (χ4n) is 6.86. The molecule has 1 aromatic heterocycles. The van der Waals surface area contributed by atoms with Crippen LogP contribution in [0.3, 0.4) is 0 Å². The van der Waals surface area contributed by atoms with Crippen LogP contribution in [0.1, 0.15) is 78.9 Å². The Balaban J connectivity index is 1.01. The topological polar surface area (TPSA) is 103 Å². The Kier molecular flexibility index (Phi) is 8.08. The number of fused-ring (bicyclic) bond motifs is 1. The summed E-state index contributed by atoms with van der Waals surface area (Å²) in [7, 11) is 0. The van der Waals surface area contributed by atoms with Crippen molar-refractivity contribution in [3.63, 3.8) is 0 Å². The van der Waals surface area contributed by atoms with Crippen molar-refractivity contribution in [3.05, 3.63) is 41.1 Å². The summed E-state index contributed by atoms with van der Waals surface area (Å²) in [6.07, 6.45) is 8.77. The Bertz CT molecular complexity index is 1220. The second-order valence-electron chi connectivity index (χ2n) is 12.1. The average Bonchev–Trinajstić information content (AvgIpc) is 3.79. The van der Waals surface area contributed by atoms with Crippen LogP contribution in [0.25, 0.3) is 0 Å². The molecule has 4 aliphatic heterocycles. The molecule has 1 N–H and O–H groups in total. The number of carbonyl (C=O) groups excluding carboxylic acids is 1. The molecular weight excluding hydrogens is 538 g/mol. The van der Waals surface area contributed by atoms with Gasteiger partial charge in [-0.25, -0.2) is 4.98 Å². The van der Waals surface area contributed by atoms with Crippen LogP contribution < -0.4 is 10.2 Å². The SMILES string of the molecule is O=C(c1ccc(C2CCN(c3nc4c(c(NC5CCOCC5)n3)[S+]([O-])CC4)CC2)cc1)N(C1CCOCC1)C1CC1. The van der Waals surface area contributed by atoms with Crippen molar-refractivity contribution in [1.29, 1.82) is 0 Å². The van der Waals surface area contributed by atoms with E-state index >= 15 is 0 Å². The van der Waals surface area contributed by atoms with Gasteiger partial charge >= 0.3 is 0 Å². The summed E-state index contributed by atoms with van der Waals surface area (Å²) < 4.78 is 23.8. The molecule has 0 bridgehead atoms. The van der Waals surface area contributed by atoms with E-state index in [-0.39, 0.29) is 5.91 Å². The Labute approximate surface area is 245 Å². The zero-order valence-electron chi connectivity index (χ0n) is 23.8. The number of aromatic nitrogens is 2. The van der Waals surface area contributed by atoms with E-state index in [1.165, 1.54) is 5.56 Å². The van der Waals surface area contributed by atoms with Gasteiger partial charge < -0.3 is 29.1 Å². The maximum absolute atomic E-state index is 13.5. The number of hydrogen-bond acceptors (Lipinski definition) is 8. The second kappa shape index (κ2) is 12.1. The highest BCUT2D eigenvalue weighted by Crippen LogP contribution is 2.36. The number of ether oxygens (including phenoxy) is 2. The Morgan fingerprint density at radius 3 is 2.24 bits per heavy atom. The first-order valence-corrected chi connectivity index (χ1v) is 16.8. The molecule has 0 spiro atoms. The first kappa shape index (κ1) is 27.4. The van der Waals surface area contributed by atoms with Crippen LogP contribution in [0.5, 0.6) is 0 Å². The molecule has 1 aromatic carbocycles. The highest BCUT2D eigenvalue weighted by Gasteiger charge is 2.38. The standard InChI is InChI=1S/C31H41N5O4S/c37-30(36(25-5-6-25)26-11-18-40-19-12-26)23-3-1-21(2-4-23)22-7-14-35(15-8-22)31-33-27-13-20-41(38)28(27)29(34-31)32-24-9-16-39-17-10-24/h1-4,22,24-26H,5-20H2,(H,32,33,34). The first-order chi connectivity index (χ1) is 20.1. The van der Waals surface area contributed by atoms with E-state index in [1.54, 1.807) is 0 Å². The summed E-state index contributed by atoms with van der Waals surface area (Å²) >= 11 is -1.04. The van der Waals surface area contributed by atoms with Gasteiger partial charge in [0.25, 0.3) is 5.91 Å². The molecule has 0 radical (unpaired) electrons. The highest BCUT2D eigenvalue weighted by molar-refractivity contribution is 7.91. The third kappa shape index (κ3) is 5.94. The number of carbonyl (C=O) groups is 1. The molecular formula is C31H41N5O4S. The highest BCUT2D eigenvalue weighted by atomic mass is 32.2. The lowest BCUT2D eigenvalue weighted by Gasteiger charge is -2.35. The Morgan fingerprint density at radius 2 is 1.56 bits per heavy atom. The zero-order chi connectivity index (χ0) is 27.8. The predicted octanol–water partition coefficient (Wildman–Crippen LogP) is 3.90. The van der Waals surface area contributed by atoms with Gasteiger partial charge in [-0.15, -0.1) is 0 Å². The van der Waals surface area contributed by atoms with Crippen LogP contribution >= 0.6 is 0 Å². The summed E-state index contributed by atoms with van der Waals surface area (Å²) in [5.74, 6) is 2.78. The summed E-state index contributed by atoms with van der Waals surface area (Å²) in [6, 6.07) is 9.42. The van der Waals surface area contributed by atoms with Crippen molar-refractivity contribution in [3.8, 4) is 0 Å². The number of hydrogen-bond donors (Lipinski definition) is 1. The quantitative estimate of drug-likeness (QED) is 0.493. The van der Waals surface area contributed by atoms with Gasteiger partial charge in [0.1, 0.15) is 11.4 Å². The Morgan fingerprint density at radius 1 is 0.902 bits per heavy atom. The van der Waals surface area contributed by atoms with Gasteiger partial charge in [-0.1, -0.05) is 12.1 Å². The maximum Gasteiger partial charge on any atom is 0.254 e. The number of nitrogens with zero attached hydrogens (tertiary/aromatic N) is 4. The lowest BCUT2D eigenvalue weighted by Crippen LogP contribution is -2.44. The smallest absolute Gasteiger partial charge is 0.254 e. The lowest BCUT2D eigenvalue weighted by molar-refractivity contribution is 0.0267.